The van der Waals surface area contributed by atoms with E-state index in [9.17, 15) is 9.79 Å². The van der Waals surface area contributed by atoms with E-state index in [1.807, 2.05) is 91.0 Å². The van der Waals surface area contributed by atoms with Crippen molar-refractivity contribution in [2.75, 3.05) is 6.16 Å². The molecule has 0 saturated heterocycles. The Morgan fingerprint density at radius 2 is 1.00 bits per heavy atom. The summed E-state index contributed by atoms with van der Waals surface area (Å²) in [5.41, 5.74) is 0. The fraction of sp³-hybridized carbons (Fsp3) is 0.100. The monoisotopic (exact) mass is 372 g/mol. The van der Waals surface area contributed by atoms with Crippen LogP contribution in [0.15, 0.2) is 91.0 Å². The van der Waals surface area contributed by atoms with E-state index in [0.717, 1.165) is 15.9 Å². The summed E-state index contributed by atoms with van der Waals surface area (Å²) < 4.78 is 6.24. The summed E-state index contributed by atoms with van der Waals surface area (Å²) in [5, 5.41) is 2.97. The molecule has 0 bridgehead atoms. The predicted octanol–water partition coefficient (Wildman–Crippen LogP) is 3.68. The quantitative estimate of drug-likeness (QED) is 0.649. The molecular weight excluding hydrogens is 350 g/mol. The van der Waals surface area contributed by atoms with Gasteiger partial charge in [0.2, 0.25) is 0 Å². The van der Waals surface area contributed by atoms with Crippen LogP contribution in [0.25, 0.3) is 0 Å². The predicted molar refractivity (Wildman–Crippen MR) is 108 cm³/mol. The van der Waals surface area contributed by atoms with E-state index in [-0.39, 0.29) is 0 Å². The fourth-order valence-corrected chi connectivity index (χ4v) is 10.9. The van der Waals surface area contributed by atoms with Gasteiger partial charge in [-0.15, -0.1) is 0 Å². The zero-order chi connectivity index (χ0) is 17.8. The third-order valence-corrected chi connectivity index (χ3v) is 12.2. The van der Waals surface area contributed by atoms with Crippen LogP contribution >= 0.6 is 15.4 Å². The first-order chi connectivity index (χ1) is 12.1. The molecule has 0 aromatic heterocycles. The first-order valence-corrected chi connectivity index (χ1v) is 11.7. The van der Waals surface area contributed by atoms with Gasteiger partial charge in [-0.2, -0.15) is 0 Å². The Morgan fingerprint density at radius 1 is 0.680 bits per heavy atom. The summed E-state index contributed by atoms with van der Waals surface area (Å²) in [6, 6.07) is 29.9. The number of benzene rings is 3. The van der Waals surface area contributed by atoms with Crippen LogP contribution in [-0.2, 0) is 4.31 Å². The molecule has 0 aliphatic carbocycles. The zero-order valence-corrected chi connectivity index (χ0v) is 15.9. The molecule has 0 spiro atoms. The first-order valence-electron chi connectivity index (χ1n) is 8.19. The first kappa shape index (κ1) is 18.2. The summed E-state index contributed by atoms with van der Waals surface area (Å²) in [4.78, 5) is 20.0. The molecule has 25 heavy (non-hydrogen) atoms. The Kier molecular flexibility index (Phi) is 5.34. The van der Waals surface area contributed by atoms with E-state index >= 15 is 0 Å². The van der Waals surface area contributed by atoms with Crippen molar-refractivity contribution in [1.29, 1.82) is 0 Å². The maximum atomic E-state index is 10.00. The summed E-state index contributed by atoms with van der Waals surface area (Å²) >= 11 is 0. The number of hydrogen-bond donors (Lipinski definition) is 2. The van der Waals surface area contributed by atoms with Crippen molar-refractivity contribution in [3.8, 4) is 0 Å². The molecular formula is C20H22O3P2. The second kappa shape index (κ2) is 7.33. The SMILES string of the molecule is CCP(OP(O)O)(c1ccccc1)(c1ccccc1)c1ccccc1. The molecule has 130 valence electrons. The number of hydrogen-bond acceptors (Lipinski definition) is 3. The van der Waals surface area contributed by atoms with Crippen molar-refractivity contribution in [3.05, 3.63) is 91.0 Å². The summed E-state index contributed by atoms with van der Waals surface area (Å²) in [7, 11) is -2.56. The van der Waals surface area contributed by atoms with Gasteiger partial charge in [-0.3, -0.25) is 0 Å². The van der Waals surface area contributed by atoms with Gasteiger partial charge < -0.3 is 0 Å². The van der Waals surface area contributed by atoms with Crippen molar-refractivity contribution in [2.45, 2.75) is 6.92 Å². The second-order valence-electron chi connectivity index (χ2n) is 5.87. The van der Waals surface area contributed by atoms with Gasteiger partial charge in [-0.25, -0.2) is 0 Å². The Balaban J connectivity index is 2.48. The van der Waals surface area contributed by atoms with Crippen molar-refractivity contribution in [1.82, 2.24) is 0 Å². The molecule has 0 atom stereocenters. The normalized spacial score (nSPS) is 13.4. The van der Waals surface area contributed by atoms with Crippen molar-refractivity contribution < 1.29 is 14.1 Å². The van der Waals surface area contributed by atoms with Crippen LogP contribution in [0.1, 0.15) is 6.92 Å². The van der Waals surface area contributed by atoms with Gasteiger partial charge in [0, 0.05) is 0 Å². The van der Waals surface area contributed by atoms with Crippen LogP contribution in [0.5, 0.6) is 0 Å². The second-order valence-corrected chi connectivity index (χ2v) is 11.6. The standard InChI is InChI=1S/C20H22O3P2/c1-2-25(23-24(21)22,18-12-6-3-7-13-18,19-14-8-4-9-15-19)20-16-10-5-11-17-20/h3-17,21-22H,2H2,1H3. The van der Waals surface area contributed by atoms with Gasteiger partial charge in [0.05, 0.1) is 0 Å². The molecule has 0 saturated carbocycles. The van der Waals surface area contributed by atoms with Crippen LogP contribution < -0.4 is 15.9 Å². The van der Waals surface area contributed by atoms with Crippen molar-refractivity contribution in [2.24, 2.45) is 0 Å². The average molecular weight is 372 g/mol. The maximum absolute atomic E-state index is 10.00. The van der Waals surface area contributed by atoms with Crippen LogP contribution in [-0.4, -0.2) is 15.9 Å². The molecule has 0 aliphatic rings. The van der Waals surface area contributed by atoms with Crippen LogP contribution in [0.2, 0.25) is 0 Å². The molecule has 3 rings (SSSR count). The third kappa shape index (κ3) is 2.93. The van der Waals surface area contributed by atoms with Gasteiger partial charge in [0.15, 0.2) is 0 Å². The molecule has 3 aromatic carbocycles. The Hall–Kier alpha value is -1.60. The molecule has 2 N–H and O–H groups in total. The molecule has 0 aliphatic heterocycles. The van der Waals surface area contributed by atoms with Gasteiger partial charge >= 0.3 is 150 Å². The molecule has 0 heterocycles. The van der Waals surface area contributed by atoms with E-state index < -0.39 is 15.4 Å². The minimum atomic E-state index is -3.49. The Bertz CT molecular complexity index is 709. The summed E-state index contributed by atoms with van der Waals surface area (Å²) in [6.07, 6.45) is 0.629. The number of rotatable bonds is 6. The molecule has 3 nitrogen and oxygen atoms in total. The van der Waals surface area contributed by atoms with E-state index in [2.05, 4.69) is 6.92 Å². The van der Waals surface area contributed by atoms with E-state index in [1.54, 1.807) is 0 Å². The van der Waals surface area contributed by atoms with E-state index in [4.69, 9.17) is 4.31 Å². The van der Waals surface area contributed by atoms with E-state index in [0.29, 0.717) is 6.16 Å². The van der Waals surface area contributed by atoms with Crippen LogP contribution in [0, 0.1) is 0 Å². The summed E-state index contributed by atoms with van der Waals surface area (Å²) in [5.74, 6) is 0. The molecule has 0 amide bonds. The summed E-state index contributed by atoms with van der Waals surface area (Å²) in [6.45, 7) is -1.43. The molecule has 3 aromatic rings. The zero-order valence-electron chi connectivity index (χ0n) is 14.1. The van der Waals surface area contributed by atoms with Gasteiger partial charge in [0.1, 0.15) is 0 Å². The van der Waals surface area contributed by atoms with Crippen molar-refractivity contribution >= 4 is 31.3 Å². The third-order valence-electron chi connectivity index (χ3n) is 4.76. The average Bonchev–Trinajstić information content (AvgIpc) is 2.68. The van der Waals surface area contributed by atoms with Crippen LogP contribution in [0.3, 0.4) is 0 Å². The Labute approximate surface area is 149 Å². The molecule has 0 unspecified atom stereocenters. The molecule has 0 radical (unpaired) electrons. The molecule has 0 fully saturated rings. The van der Waals surface area contributed by atoms with Gasteiger partial charge in [-0.1, -0.05) is 0 Å². The fourth-order valence-electron chi connectivity index (χ4n) is 3.59. The van der Waals surface area contributed by atoms with Gasteiger partial charge in [0.25, 0.3) is 0 Å². The van der Waals surface area contributed by atoms with Crippen LogP contribution in [0.4, 0.5) is 0 Å². The minimum absolute atomic E-state index is 0.629. The topological polar surface area (TPSA) is 49.7 Å². The van der Waals surface area contributed by atoms with E-state index in [1.165, 1.54) is 0 Å². The van der Waals surface area contributed by atoms with Crippen molar-refractivity contribution in [3.63, 3.8) is 0 Å². The Morgan fingerprint density at radius 3 is 1.24 bits per heavy atom. The molecule has 5 heteroatoms. The van der Waals surface area contributed by atoms with Gasteiger partial charge in [-0.05, 0) is 0 Å².